The summed E-state index contributed by atoms with van der Waals surface area (Å²) in [5.74, 6) is -0.346. The van der Waals surface area contributed by atoms with Gasteiger partial charge in [0.1, 0.15) is 10.9 Å². The van der Waals surface area contributed by atoms with Crippen molar-refractivity contribution in [2.45, 2.75) is 30.7 Å². The van der Waals surface area contributed by atoms with E-state index in [2.05, 4.69) is 19.6 Å². The number of nitrogens with zero attached hydrogens (tertiary/aromatic N) is 4. The van der Waals surface area contributed by atoms with Crippen molar-refractivity contribution in [2.75, 3.05) is 45.9 Å². The van der Waals surface area contributed by atoms with Gasteiger partial charge in [-0.2, -0.15) is 4.72 Å². The molecule has 1 saturated heterocycles. The van der Waals surface area contributed by atoms with Crippen molar-refractivity contribution in [2.24, 2.45) is 16.5 Å². The number of benzene rings is 1. The van der Waals surface area contributed by atoms with E-state index in [4.69, 9.17) is 16.6 Å². The van der Waals surface area contributed by atoms with E-state index in [9.17, 15) is 13.2 Å². The molecule has 1 amide bonds. The fourth-order valence-electron chi connectivity index (χ4n) is 4.00. The summed E-state index contributed by atoms with van der Waals surface area (Å²) in [6.07, 6.45) is 2.28. The summed E-state index contributed by atoms with van der Waals surface area (Å²) >= 11 is 0. The van der Waals surface area contributed by atoms with Gasteiger partial charge >= 0.3 is 0 Å². The lowest BCUT2D eigenvalue weighted by Gasteiger charge is -2.36. The number of amides is 1. The third-order valence-electron chi connectivity index (χ3n) is 5.74. The standard InChI is InChI=1S/C22H33N7O4S/c1-16-14-17-4-2-6-19(20(17)26-15-16)34(32,33)27-18(5-3-7-25-22(23)24)21(31)29-10-8-28(9-11-29)12-13-30/h2,4,6,14-15,18,27,30H,3,5,7-13H2,1H3,(H4,23,24,25)/t18-/m0/s1. The normalized spacial score (nSPS) is 15.9. The lowest BCUT2D eigenvalue weighted by molar-refractivity contribution is -0.135. The fraction of sp³-hybridized carbons (Fsp3) is 0.500. The van der Waals surface area contributed by atoms with Crippen LogP contribution < -0.4 is 16.2 Å². The first kappa shape index (κ1) is 25.8. The molecule has 1 aliphatic heterocycles. The predicted molar refractivity (Wildman–Crippen MR) is 131 cm³/mol. The Bertz CT molecular complexity index is 1130. The number of nitrogens with one attached hydrogen (secondary N) is 1. The topological polar surface area (TPSA) is 167 Å². The number of pyridine rings is 1. The second kappa shape index (κ2) is 11.6. The van der Waals surface area contributed by atoms with Crippen LogP contribution in [-0.4, -0.2) is 92.1 Å². The van der Waals surface area contributed by atoms with Gasteiger partial charge in [0, 0.05) is 50.9 Å². The Labute approximate surface area is 199 Å². The van der Waals surface area contributed by atoms with Gasteiger partial charge in [0.05, 0.1) is 12.1 Å². The Morgan fingerprint density at radius 2 is 2.00 bits per heavy atom. The lowest BCUT2D eigenvalue weighted by atomic mass is 10.1. The molecule has 0 radical (unpaired) electrons. The molecule has 34 heavy (non-hydrogen) atoms. The molecular formula is C22H33N7O4S. The number of para-hydroxylation sites is 1. The number of hydrogen-bond acceptors (Lipinski definition) is 7. The molecule has 1 aliphatic rings. The van der Waals surface area contributed by atoms with E-state index in [1.165, 1.54) is 6.07 Å². The highest BCUT2D eigenvalue weighted by Gasteiger charge is 2.31. The summed E-state index contributed by atoms with van der Waals surface area (Å²) in [5.41, 5.74) is 12.0. The van der Waals surface area contributed by atoms with Crippen molar-refractivity contribution >= 4 is 32.8 Å². The van der Waals surface area contributed by atoms with Crippen LogP contribution in [0.15, 0.2) is 40.4 Å². The lowest BCUT2D eigenvalue weighted by Crippen LogP contribution is -2.55. The number of carbonyl (C=O) groups is 1. The molecule has 186 valence electrons. The number of carbonyl (C=O) groups excluding carboxylic acids is 1. The van der Waals surface area contributed by atoms with Crippen LogP contribution in [0.4, 0.5) is 0 Å². The summed E-state index contributed by atoms with van der Waals surface area (Å²) in [6.45, 7) is 4.92. The average molecular weight is 492 g/mol. The quantitative estimate of drug-likeness (QED) is 0.194. The number of β-amino-alcohol motifs (C(OH)–C–C–N with tert-alkyl or cyclic N) is 1. The number of fused-ring (bicyclic) bond motifs is 1. The van der Waals surface area contributed by atoms with E-state index in [-0.39, 0.29) is 36.3 Å². The van der Waals surface area contributed by atoms with Crippen molar-refractivity contribution in [3.63, 3.8) is 0 Å². The molecule has 11 nitrogen and oxygen atoms in total. The number of aliphatic imine (C=N–C) groups is 1. The smallest absolute Gasteiger partial charge is 0.243 e. The summed E-state index contributed by atoms with van der Waals surface area (Å²) < 4.78 is 29.4. The predicted octanol–water partition coefficient (Wildman–Crippen LogP) is -0.620. The van der Waals surface area contributed by atoms with Gasteiger partial charge in [0.25, 0.3) is 0 Å². The first-order valence-electron chi connectivity index (χ1n) is 11.3. The Morgan fingerprint density at radius 3 is 2.68 bits per heavy atom. The number of aryl methyl sites for hydroxylation is 1. The fourth-order valence-corrected chi connectivity index (χ4v) is 5.40. The van der Waals surface area contributed by atoms with E-state index >= 15 is 0 Å². The van der Waals surface area contributed by atoms with Crippen LogP contribution in [-0.2, 0) is 14.8 Å². The molecule has 1 aromatic carbocycles. The van der Waals surface area contributed by atoms with E-state index in [0.29, 0.717) is 50.0 Å². The Balaban J connectivity index is 1.81. The van der Waals surface area contributed by atoms with Gasteiger partial charge in [-0.05, 0) is 37.5 Å². The number of aromatic nitrogens is 1. The van der Waals surface area contributed by atoms with Gasteiger partial charge < -0.3 is 21.5 Å². The zero-order valence-electron chi connectivity index (χ0n) is 19.4. The van der Waals surface area contributed by atoms with Crippen LogP contribution in [0.1, 0.15) is 18.4 Å². The molecule has 1 atom stereocenters. The highest BCUT2D eigenvalue weighted by atomic mass is 32.2. The van der Waals surface area contributed by atoms with Gasteiger partial charge in [0.15, 0.2) is 5.96 Å². The molecule has 2 aromatic rings. The third kappa shape index (κ3) is 6.63. The largest absolute Gasteiger partial charge is 0.395 e. The van der Waals surface area contributed by atoms with Gasteiger partial charge in [-0.15, -0.1) is 0 Å². The second-order valence-corrected chi connectivity index (χ2v) is 10.0. The van der Waals surface area contributed by atoms with Gasteiger partial charge in [0.2, 0.25) is 15.9 Å². The van der Waals surface area contributed by atoms with Crippen molar-refractivity contribution in [1.29, 1.82) is 0 Å². The minimum Gasteiger partial charge on any atom is -0.395 e. The summed E-state index contributed by atoms with van der Waals surface area (Å²) in [4.78, 5) is 25.3. The SMILES string of the molecule is Cc1cnc2c(S(=O)(=O)N[C@@H](CCCN=C(N)N)C(=O)N3CCN(CCO)CC3)cccc2c1. The van der Waals surface area contributed by atoms with Gasteiger partial charge in [-0.1, -0.05) is 12.1 Å². The molecule has 0 saturated carbocycles. The number of nitrogens with two attached hydrogens (primary N) is 2. The zero-order valence-corrected chi connectivity index (χ0v) is 20.2. The van der Waals surface area contributed by atoms with E-state index in [1.54, 1.807) is 23.2 Å². The molecule has 1 aromatic heterocycles. The number of aliphatic hydroxyl groups excluding tert-OH is 1. The van der Waals surface area contributed by atoms with Crippen molar-refractivity contribution in [3.8, 4) is 0 Å². The number of sulfonamides is 1. The number of guanidine groups is 1. The molecule has 6 N–H and O–H groups in total. The summed E-state index contributed by atoms with van der Waals surface area (Å²) in [7, 11) is -4.04. The zero-order chi connectivity index (χ0) is 24.7. The molecule has 0 unspecified atom stereocenters. The number of aliphatic hydroxyl groups is 1. The molecule has 0 aliphatic carbocycles. The van der Waals surface area contributed by atoms with Crippen LogP contribution >= 0.6 is 0 Å². The van der Waals surface area contributed by atoms with Crippen LogP contribution in [0.2, 0.25) is 0 Å². The molecule has 0 bridgehead atoms. The molecular weight excluding hydrogens is 458 g/mol. The molecule has 3 rings (SSSR count). The monoisotopic (exact) mass is 491 g/mol. The average Bonchev–Trinajstić information content (AvgIpc) is 2.80. The first-order valence-corrected chi connectivity index (χ1v) is 12.7. The summed E-state index contributed by atoms with van der Waals surface area (Å²) in [5, 5.41) is 9.84. The van der Waals surface area contributed by atoms with Crippen molar-refractivity contribution in [3.05, 3.63) is 36.0 Å². The van der Waals surface area contributed by atoms with Gasteiger partial charge in [-0.3, -0.25) is 19.7 Å². The maximum Gasteiger partial charge on any atom is 0.243 e. The molecule has 1 fully saturated rings. The third-order valence-corrected chi connectivity index (χ3v) is 7.24. The Kier molecular flexibility index (Phi) is 8.78. The Hall–Kier alpha value is -2.80. The maximum atomic E-state index is 13.4. The minimum absolute atomic E-state index is 0.0276. The van der Waals surface area contributed by atoms with E-state index in [0.717, 1.165) is 5.56 Å². The number of hydrogen-bond donors (Lipinski definition) is 4. The van der Waals surface area contributed by atoms with Crippen molar-refractivity contribution < 1.29 is 18.3 Å². The van der Waals surface area contributed by atoms with Crippen LogP contribution in [0.3, 0.4) is 0 Å². The number of rotatable bonds is 10. The van der Waals surface area contributed by atoms with Crippen molar-refractivity contribution in [1.82, 2.24) is 19.5 Å². The first-order chi connectivity index (χ1) is 16.2. The summed E-state index contributed by atoms with van der Waals surface area (Å²) in [6, 6.07) is 5.85. The van der Waals surface area contributed by atoms with Crippen LogP contribution in [0, 0.1) is 6.92 Å². The second-order valence-electron chi connectivity index (χ2n) is 8.35. The molecule has 0 spiro atoms. The Morgan fingerprint density at radius 1 is 1.26 bits per heavy atom. The van der Waals surface area contributed by atoms with Crippen LogP contribution in [0.5, 0.6) is 0 Å². The highest BCUT2D eigenvalue weighted by Crippen LogP contribution is 2.22. The minimum atomic E-state index is -4.04. The molecule has 2 heterocycles. The van der Waals surface area contributed by atoms with Crippen LogP contribution in [0.25, 0.3) is 10.9 Å². The van der Waals surface area contributed by atoms with E-state index < -0.39 is 16.1 Å². The number of piperazine rings is 1. The molecule has 12 heteroatoms. The van der Waals surface area contributed by atoms with E-state index in [1.807, 2.05) is 13.0 Å². The highest BCUT2D eigenvalue weighted by molar-refractivity contribution is 7.89. The maximum absolute atomic E-state index is 13.4. The van der Waals surface area contributed by atoms with Gasteiger partial charge in [-0.25, -0.2) is 8.42 Å².